The zero-order valence-corrected chi connectivity index (χ0v) is 13.4. The molecule has 0 aliphatic heterocycles. The first kappa shape index (κ1) is 15.7. The first-order valence-electron chi connectivity index (χ1n) is 7.30. The summed E-state index contributed by atoms with van der Waals surface area (Å²) < 4.78 is 0. The average Bonchev–Trinajstić information content (AvgIpc) is 2.45. The first-order chi connectivity index (χ1) is 9.66. The Morgan fingerprint density at radius 2 is 2.05 bits per heavy atom. The van der Waals surface area contributed by atoms with Crippen molar-refractivity contribution in [3.63, 3.8) is 0 Å². The summed E-state index contributed by atoms with van der Waals surface area (Å²) in [5, 5.41) is 3.77. The molecule has 0 atom stereocenters. The van der Waals surface area contributed by atoms with Gasteiger partial charge in [-0.2, -0.15) is 12.6 Å². The summed E-state index contributed by atoms with van der Waals surface area (Å²) in [6.45, 7) is 0.638. The van der Waals surface area contributed by atoms with Gasteiger partial charge in [0.05, 0.1) is 5.41 Å². The predicted molar refractivity (Wildman–Crippen MR) is 87.5 cm³/mol. The predicted octanol–water partition coefficient (Wildman–Crippen LogP) is 3.88. The normalized spacial score (nSPS) is 17.7. The maximum Gasteiger partial charge on any atom is 0.226 e. The molecule has 1 aliphatic rings. The standard InChI is InChI=1S/C16H22ClNOS/c17-14-6-4-5-13(11-14)12-16(7-2-1-3-8-16)15(19)18-9-10-20/h4-6,11,20H,1-3,7-10,12H2,(H,18,19). The largest absolute Gasteiger partial charge is 0.355 e. The fraction of sp³-hybridized carbons (Fsp3) is 0.562. The average molecular weight is 312 g/mol. The van der Waals surface area contributed by atoms with Crippen molar-refractivity contribution in [1.29, 1.82) is 0 Å². The van der Waals surface area contributed by atoms with E-state index in [2.05, 4.69) is 24.0 Å². The van der Waals surface area contributed by atoms with Gasteiger partial charge < -0.3 is 5.32 Å². The number of carbonyl (C=O) groups is 1. The van der Waals surface area contributed by atoms with Gasteiger partial charge in [-0.1, -0.05) is 43.0 Å². The molecule has 1 aliphatic carbocycles. The number of amides is 1. The second-order valence-corrected chi connectivity index (χ2v) is 6.51. The topological polar surface area (TPSA) is 29.1 Å². The fourth-order valence-electron chi connectivity index (χ4n) is 3.11. The van der Waals surface area contributed by atoms with Crippen molar-refractivity contribution in [1.82, 2.24) is 5.32 Å². The molecule has 1 amide bonds. The highest BCUT2D eigenvalue weighted by Crippen LogP contribution is 2.39. The van der Waals surface area contributed by atoms with Gasteiger partial charge in [0.25, 0.3) is 0 Å². The number of benzene rings is 1. The van der Waals surface area contributed by atoms with Crippen LogP contribution in [0.1, 0.15) is 37.7 Å². The second-order valence-electron chi connectivity index (χ2n) is 5.63. The number of carbonyl (C=O) groups excluding carboxylic acids is 1. The third-order valence-corrected chi connectivity index (χ3v) is 4.58. The van der Waals surface area contributed by atoms with Crippen LogP contribution in [0.3, 0.4) is 0 Å². The molecule has 4 heteroatoms. The molecule has 20 heavy (non-hydrogen) atoms. The van der Waals surface area contributed by atoms with Gasteiger partial charge in [0.2, 0.25) is 5.91 Å². The van der Waals surface area contributed by atoms with E-state index in [1.807, 2.05) is 18.2 Å². The van der Waals surface area contributed by atoms with Crippen LogP contribution < -0.4 is 5.32 Å². The minimum Gasteiger partial charge on any atom is -0.355 e. The van der Waals surface area contributed by atoms with E-state index in [4.69, 9.17) is 11.6 Å². The van der Waals surface area contributed by atoms with Crippen LogP contribution >= 0.6 is 24.2 Å². The molecule has 0 bridgehead atoms. The van der Waals surface area contributed by atoms with E-state index in [0.29, 0.717) is 12.3 Å². The molecule has 0 unspecified atom stereocenters. The van der Waals surface area contributed by atoms with Crippen LogP contribution in [0.15, 0.2) is 24.3 Å². The van der Waals surface area contributed by atoms with E-state index in [1.165, 1.54) is 6.42 Å². The van der Waals surface area contributed by atoms with Crippen LogP contribution in [0, 0.1) is 5.41 Å². The maximum absolute atomic E-state index is 12.6. The number of rotatable bonds is 5. The summed E-state index contributed by atoms with van der Waals surface area (Å²) in [7, 11) is 0. The molecular weight excluding hydrogens is 290 g/mol. The number of thiol groups is 1. The molecule has 1 aromatic rings. The summed E-state index contributed by atoms with van der Waals surface area (Å²) in [4.78, 5) is 12.6. The Labute approximate surface area is 131 Å². The van der Waals surface area contributed by atoms with Crippen LogP contribution in [0.4, 0.5) is 0 Å². The second kappa shape index (κ2) is 7.37. The van der Waals surface area contributed by atoms with Crippen molar-refractivity contribution in [2.24, 2.45) is 5.41 Å². The van der Waals surface area contributed by atoms with Crippen molar-refractivity contribution < 1.29 is 4.79 Å². The molecule has 2 nitrogen and oxygen atoms in total. The lowest BCUT2D eigenvalue weighted by atomic mass is 9.69. The smallest absolute Gasteiger partial charge is 0.226 e. The van der Waals surface area contributed by atoms with Crippen LogP contribution in [-0.4, -0.2) is 18.2 Å². The molecule has 0 aromatic heterocycles. The summed E-state index contributed by atoms with van der Waals surface area (Å²) >= 11 is 10.2. The van der Waals surface area contributed by atoms with E-state index < -0.39 is 0 Å². The molecule has 1 fully saturated rings. The molecule has 0 saturated heterocycles. The summed E-state index contributed by atoms with van der Waals surface area (Å²) in [6, 6.07) is 7.87. The zero-order chi connectivity index (χ0) is 14.4. The number of hydrogen-bond acceptors (Lipinski definition) is 2. The van der Waals surface area contributed by atoms with Crippen molar-refractivity contribution in [2.45, 2.75) is 38.5 Å². The van der Waals surface area contributed by atoms with Crippen LogP contribution in [0.25, 0.3) is 0 Å². The number of nitrogens with one attached hydrogen (secondary N) is 1. The first-order valence-corrected chi connectivity index (χ1v) is 8.31. The van der Waals surface area contributed by atoms with Crippen LogP contribution in [0.2, 0.25) is 5.02 Å². The molecule has 1 aromatic carbocycles. The molecular formula is C16H22ClNOS. The summed E-state index contributed by atoms with van der Waals surface area (Å²) in [6.07, 6.45) is 6.22. The van der Waals surface area contributed by atoms with E-state index >= 15 is 0 Å². The molecule has 2 rings (SSSR count). The van der Waals surface area contributed by atoms with E-state index in [0.717, 1.165) is 42.7 Å². The van der Waals surface area contributed by atoms with Gasteiger partial charge in [-0.05, 0) is 37.0 Å². The minimum atomic E-state index is -0.258. The third-order valence-electron chi connectivity index (χ3n) is 4.12. The Balaban J connectivity index is 2.16. The van der Waals surface area contributed by atoms with Gasteiger partial charge in [0, 0.05) is 17.3 Å². The summed E-state index contributed by atoms with van der Waals surface area (Å²) in [5.74, 6) is 0.866. The van der Waals surface area contributed by atoms with Gasteiger partial charge in [-0.3, -0.25) is 4.79 Å². The number of hydrogen-bond donors (Lipinski definition) is 2. The van der Waals surface area contributed by atoms with Crippen LogP contribution in [-0.2, 0) is 11.2 Å². The van der Waals surface area contributed by atoms with Crippen molar-refractivity contribution in [3.8, 4) is 0 Å². The Hall–Kier alpha value is -0.670. The molecule has 1 saturated carbocycles. The molecule has 0 spiro atoms. The minimum absolute atomic E-state index is 0.186. The van der Waals surface area contributed by atoms with E-state index in [9.17, 15) is 4.79 Å². The SMILES string of the molecule is O=C(NCCS)C1(Cc2cccc(Cl)c2)CCCCC1. The lowest BCUT2D eigenvalue weighted by molar-refractivity contribution is -0.132. The van der Waals surface area contributed by atoms with E-state index in [1.54, 1.807) is 0 Å². The van der Waals surface area contributed by atoms with Crippen molar-refractivity contribution in [3.05, 3.63) is 34.9 Å². The maximum atomic E-state index is 12.6. The van der Waals surface area contributed by atoms with Gasteiger partial charge >= 0.3 is 0 Å². The summed E-state index contributed by atoms with van der Waals surface area (Å²) in [5.41, 5.74) is 0.895. The highest BCUT2D eigenvalue weighted by Gasteiger charge is 2.39. The molecule has 0 radical (unpaired) electrons. The quantitative estimate of drug-likeness (QED) is 0.794. The molecule has 110 valence electrons. The number of halogens is 1. The van der Waals surface area contributed by atoms with Gasteiger partial charge in [0.1, 0.15) is 0 Å². The Kier molecular flexibility index (Phi) is 5.79. The lowest BCUT2D eigenvalue weighted by Gasteiger charge is -2.36. The third kappa shape index (κ3) is 3.92. The van der Waals surface area contributed by atoms with Gasteiger partial charge in [-0.25, -0.2) is 0 Å². The monoisotopic (exact) mass is 311 g/mol. The van der Waals surface area contributed by atoms with Crippen LogP contribution in [0.5, 0.6) is 0 Å². The zero-order valence-electron chi connectivity index (χ0n) is 11.7. The molecule has 0 heterocycles. The lowest BCUT2D eigenvalue weighted by Crippen LogP contribution is -2.44. The fourth-order valence-corrected chi connectivity index (χ4v) is 3.43. The van der Waals surface area contributed by atoms with Crippen molar-refractivity contribution in [2.75, 3.05) is 12.3 Å². The van der Waals surface area contributed by atoms with Gasteiger partial charge in [0.15, 0.2) is 0 Å². The highest BCUT2D eigenvalue weighted by molar-refractivity contribution is 7.80. The Morgan fingerprint density at radius 1 is 1.30 bits per heavy atom. The van der Waals surface area contributed by atoms with Crippen molar-refractivity contribution >= 4 is 30.1 Å². The molecule has 1 N–H and O–H groups in total. The Bertz CT molecular complexity index is 458. The highest BCUT2D eigenvalue weighted by atomic mass is 35.5. The Morgan fingerprint density at radius 3 is 2.70 bits per heavy atom. The van der Waals surface area contributed by atoms with E-state index in [-0.39, 0.29) is 11.3 Å². The van der Waals surface area contributed by atoms with Gasteiger partial charge in [-0.15, -0.1) is 0 Å².